The van der Waals surface area contributed by atoms with Crippen LogP contribution in [0.3, 0.4) is 0 Å². The fourth-order valence-corrected chi connectivity index (χ4v) is 4.00. The Hall–Kier alpha value is -2.33. The average molecular weight is 367 g/mol. The van der Waals surface area contributed by atoms with Crippen LogP contribution in [0, 0.1) is 28.6 Å². The van der Waals surface area contributed by atoms with Crippen molar-refractivity contribution in [1.82, 2.24) is 0 Å². The zero-order valence-electron chi connectivity index (χ0n) is 16.6. The number of hydrogen-bond acceptors (Lipinski definition) is 4. The highest BCUT2D eigenvalue weighted by Crippen LogP contribution is 2.30. The van der Waals surface area contributed by atoms with Crippen molar-refractivity contribution in [2.24, 2.45) is 5.92 Å². The van der Waals surface area contributed by atoms with Crippen LogP contribution < -0.4 is 0 Å². The Morgan fingerprint density at radius 3 is 2.33 bits per heavy atom. The summed E-state index contributed by atoms with van der Waals surface area (Å²) in [7, 11) is 0. The highest BCUT2D eigenvalue weighted by molar-refractivity contribution is 5.93. The minimum Gasteiger partial charge on any atom is -0.459 e. The lowest BCUT2D eigenvalue weighted by molar-refractivity contribution is 0.0161. The molecule has 4 heteroatoms. The van der Waals surface area contributed by atoms with Crippen molar-refractivity contribution in [2.45, 2.75) is 84.2 Å². The van der Waals surface area contributed by atoms with Crippen LogP contribution in [0.4, 0.5) is 0 Å². The molecule has 0 spiro atoms. The number of rotatable bonds is 8. The molecule has 0 unspecified atom stereocenters. The number of hydrogen-bond donors (Lipinski definition) is 0. The smallest absolute Gasteiger partial charge is 0.339 e. The van der Waals surface area contributed by atoms with Gasteiger partial charge < -0.3 is 4.74 Å². The van der Waals surface area contributed by atoms with Crippen LogP contribution in [0.25, 0.3) is 0 Å². The quantitative estimate of drug-likeness (QED) is 0.438. The number of ether oxygens (including phenoxy) is 1. The first-order valence-corrected chi connectivity index (χ1v) is 10.3. The van der Waals surface area contributed by atoms with Gasteiger partial charge in [0, 0.05) is 0 Å². The molecular formula is C23H30N2O2. The van der Waals surface area contributed by atoms with Gasteiger partial charge in [0.25, 0.3) is 0 Å². The number of carbonyl (C=O) groups is 1. The number of nitrogens with zero attached hydrogens (tertiary/aromatic N) is 2. The van der Waals surface area contributed by atoms with Crippen molar-refractivity contribution in [3.05, 3.63) is 34.4 Å². The van der Waals surface area contributed by atoms with E-state index in [4.69, 9.17) is 4.74 Å². The van der Waals surface area contributed by atoms with Crippen LogP contribution in [0.15, 0.2) is 12.1 Å². The van der Waals surface area contributed by atoms with E-state index < -0.39 is 5.97 Å². The predicted octanol–water partition coefficient (Wildman–Crippen LogP) is 5.68. The summed E-state index contributed by atoms with van der Waals surface area (Å²) in [6.45, 7) is 4.33. The van der Waals surface area contributed by atoms with E-state index >= 15 is 0 Å². The summed E-state index contributed by atoms with van der Waals surface area (Å²) in [6, 6.07) is 7.66. The van der Waals surface area contributed by atoms with E-state index in [0.717, 1.165) is 62.8 Å². The van der Waals surface area contributed by atoms with Crippen LogP contribution in [-0.2, 0) is 11.2 Å². The second-order valence-electron chi connectivity index (χ2n) is 7.54. The Labute approximate surface area is 163 Å². The van der Waals surface area contributed by atoms with Crippen molar-refractivity contribution in [3.63, 3.8) is 0 Å². The predicted molar refractivity (Wildman–Crippen MR) is 105 cm³/mol. The molecule has 1 aromatic carbocycles. The molecule has 4 nitrogen and oxygen atoms in total. The maximum Gasteiger partial charge on any atom is 0.339 e. The lowest BCUT2D eigenvalue weighted by Gasteiger charge is -2.28. The Bertz CT molecular complexity index is 719. The molecule has 0 radical (unpaired) electrons. The maximum atomic E-state index is 12.7. The number of unbranched alkanes of at least 4 members (excludes halogenated alkanes) is 2. The average Bonchev–Trinajstić information content (AvgIpc) is 2.69. The Balaban J connectivity index is 2.10. The van der Waals surface area contributed by atoms with Gasteiger partial charge in [-0.25, -0.2) is 4.79 Å². The van der Waals surface area contributed by atoms with E-state index in [0.29, 0.717) is 5.56 Å². The second-order valence-corrected chi connectivity index (χ2v) is 7.54. The summed E-state index contributed by atoms with van der Waals surface area (Å²) >= 11 is 0. The molecule has 1 aromatic rings. The van der Waals surface area contributed by atoms with Gasteiger partial charge in [-0.3, -0.25) is 0 Å². The number of carbonyl (C=O) groups excluding carboxylic acids is 1. The molecule has 0 N–H and O–H groups in total. The Morgan fingerprint density at radius 2 is 1.74 bits per heavy atom. The van der Waals surface area contributed by atoms with Crippen molar-refractivity contribution in [3.8, 4) is 12.1 Å². The van der Waals surface area contributed by atoms with Gasteiger partial charge in [0.05, 0.1) is 16.7 Å². The van der Waals surface area contributed by atoms with Gasteiger partial charge >= 0.3 is 5.97 Å². The maximum absolute atomic E-state index is 12.7. The van der Waals surface area contributed by atoms with Crippen molar-refractivity contribution < 1.29 is 9.53 Å². The summed E-state index contributed by atoms with van der Waals surface area (Å²) < 4.78 is 5.68. The normalized spacial score (nSPS) is 19.1. The van der Waals surface area contributed by atoms with Crippen LogP contribution >= 0.6 is 0 Å². The highest BCUT2D eigenvalue weighted by atomic mass is 16.5. The second kappa shape index (κ2) is 10.7. The molecular weight excluding hydrogens is 336 g/mol. The molecule has 1 aliphatic carbocycles. The van der Waals surface area contributed by atoms with Crippen LogP contribution in [0.1, 0.15) is 98.7 Å². The van der Waals surface area contributed by atoms with Gasteiger partial charge in [0.1, 0.15) is 18.2 Å². The third-order valence-electron chi connectivity index (χ3n) is 5.55. The van der Waals surface area contributed by atoms with Gasteiger partial charge in [-0.05, 0) is 56.1 Å². The largest absolute Gasteiger partial charge is 0.459 e. The van der Waals surface area contributed by atoms with E-state index in [-0.39, 0.29) is 17.2 Å². The van der Waals surface area contributed by atoms with E-state index in [1.54, 1.807) is 6.07 Å². The number of aryl methyl sites for hydroxylation is 1. The third kappa shape index (κ3) is 5.57. The Kier molecular flexibility index (Phi) is 8.34. The monoisotopic (exact) mass is 366 g/mol. The molecule has 1 fully saturated rings. The van der Waals surface area contributed by atoms with E-state index in [1.165, 1.54) is 12.8 Å². The number of nitriles is 2. The van der Waals surface area contributed by atoms with E-state index in [9.17, 15) is 15.3 Å². The number of esters is 1. The van der Waals surface area contributed by atoms with Crippen LogP contribution in [0.2, 0.25) is 0 Å². The molecule has 0 atom stereocenters. The first-order valence-electron chi connectivity index (χ1n) is 10.3. The number of benzene rings is 1. The first-order chi connectivity index (χ1) is 13.1. The lowest BCUT2D eigenvalue weighted by atomic mass is 9.84. The third-order valence-corrected chi connectivity index (χ3v) is 5.55. The molecule has 0 aromatic heterocycles. The van der Waals surface area contributed by atoms with Crippen molar-refractivity contribution >= 4 is 5.97 Å². The van der Waals surface area contributed by atoms with Gasteiger partial charge in [0.15, 0.2) is 0 Å². The standard InChI is InChI=1S/C23H30N2O2/c1-3-5-6-8-18-11-14-20(22(16-25)21(18)15-24)23(26)27-19-12-9-17(7-4-2)10-13-19/h11,14,17,19H,3-10,12-13H2,1-2H3. The zero-order chi connectivity index (χ0) is 19.6. The van der Waals surface area contributed by atoms with Crippen molar-refractivity contribution in [2.75, 3.05) is 0 Å². The topological polar surface area (TPSA) is 73.9 Å². The lowest BCUT2D eigenvalue weighted by Crippen LogP contribution is -2.25. The molecule has 144 valence electrons. The van der Waals surface area contributed by atoms with Gasteiger partial charge in [-0.1, -0.05) is 45.6 Å². The molecule has 0 amide bonds. The SMILES string of the molecule is CCCCCc1ccc(C(=O)OC2CCC(CCC)CC2)c(C#N)c1C#N. The first kappa shape index (κ1) is 21.0. The van der Waals surface area contributed by atoms with Gasteiger partial charge in [-0.15, -0.1) is 0 Å². The fourth-order valence-electron chi connectivity index (χ4n) is 4.00. The Morgan fingerprint density at radius 1 is 1.04 bits per heavy atom. The fraction of sp³-hybridized carbons (Fsp3) is 0.609. The molecule has 1 aliphatic rings. The summed E-state index contributed by atoms with van der Waals surface area (Å²) in [5, 5.41) is 19.1. The van der Waals surface area contributed by atoms with Gasteiger partial charge in [-0.2, -0.15) is 10.5 Å². The van der Waals surface area contributed by atoms with Crippen molar-refractivity contribution in [1.29, 1.82) is 10.5 Å². The summed E-state index contributed by atoms with van der Waals surface area (Å²) in [6.07, 6.45) is 10.2. The summed E-state index contributed by atoms with van der Waals surface area (Å²) in [5.74, 6) is 0.273. The molecule has 0 bridgehead atoms. The molecule has 2 rings (SSSR count). The minimum absolute atomic E-state index is 0.0769. The summed E-state index contributed by atoms with van der Waals surface area (Å²) in [5.41, 5.74) is 1.56. The minimum atomic E-state index is -0.470. The zero-order valence-corrected chi connectivity index (χ0v) is 16.6. The van der Waals surface area contributed by atoms with E-state index in [2.05, 4.69) is 26.0 Å². The van der Waals surface area contributed by atoms with Crippen LogP contribution in [0.5, 0.6) is 0 Å². The van der Waals surface area contributed by atoms with Gasteiger partial charge in [0.2, 0.25) is 0 Å². The molecule has 0 heterocycles. The molecule has 27 heavy (non-hydrogen) atoms. The summed E-state index contributed by atoms with van der Waals surface area (Å²) in [4.78, 5) is 12.7. The van der Waals surface area contributed by atoms with Crippen LogP contribution in [-0.4, -0.2) is 12.1 Å². The molecule has 0 saturated heterocycles. The highest BCUT2D eigenvalue weighted by Gasteiger charge is 2.26. The molecule has 1 saturated carbocycles. The molecule has 0 aliphatic heterocycles. The van der Waals surface area contributed by atoms with E-state index in [1.807, 2.05) is 6.07 Å².